The smallest absolute Gasteiger partial charge is 0.120 e. The number of nitrogens with zero attached hydrogens (tertiary/aromatic N) is 3. The number of aldehydes is 1. The van der Waals surface area contributed by atoms with Crippen LogP contribution in [-0.2, 0) is 47.2 Å². The molecule has 6 N–H and O–H groups in total. The minimum Gasteiger partial charge on any atom is -0.303 e. The van der Waals surface area contributed by atoms with Crippen molar-refractivity contribution in [3.63, 3.8) is 0 Å². The van der Waals surface area contributed by atoms with Crippen LogP contribution in [0, 0.1) is 12.3 Å². The van der Waals surface area contributed by atoms with Crippen LogP contribution in [0.3, 0.4) is 0 Å². The summed E-state index contributed by atoms with van der Waals surface area (Å²) in [5, 5.41) is 1.48. The number of terminal acetylenes is 1. The van der Waals surface area contributed by atoms with Crippen LogP contribution in [0.4, 0.5) is 30.7 Å². The van der Waals surface area contributed by atoms with Crippen molar-refractivity contribution in [2.75, 3.05) is 25.2 Å². The van der Waals surface area contributed by atoms with E-state index in [-0.39, 0.29) is 41.6 Å². The number of alkyl halides is 6. The Balaban J connectivity index is 0.000000287. The van der Waals surface area contributed by atoms with Crippen LogP contribution >= 0.6 is 107 Å². The van der Waals surface area contributed by atoms with Gasteiger partial charge in [0.1, 0.15) is 24.0 Å². The Hall–Kier alpha value is -8.47. The van der Waals surface area contributed by atoms with Crippen LogP contribution in [0.15, 0.2) is 326 Å². The predicted molar refractivity (Wildman–Crippen MR) is 486 cm³/mol. The van der Waals surface area contributed by atoms with Crippen molar-refractivity contribution in [1.82, 2.24) is 4.90 Å². The molecule has 0 radical (unpaired) electrons. The third-order valence-corrected chi connectivity index (χ3v) is 27.9. The fraction of sp³-hybridized carbons (Fsp3) is 0.200. The number of rotatable bonds is 25. The van der Waals surface area contributed by atoms with Crippen molar-refractivity contribution >= 4 is 147 Å². The molecule has 11 rings (SSSR count). The number of hydrogen-bond donors (Lipinski definition) is 3. The average molecular weight is 2010 g/mol. The maximum absolute atomic E-state index is 13.2. The van der Waals surface area contributed by atoms with E-state index in [0.29, 0.717) is 46.8 Å². The number of aryl methyl sites for hydroxylation is 5. The number of hydrogen-bond acceptors (Lipinski definition) is 7. The van der Waals surface area contributed by atoms with Gasteiger partial charge in [0, 0.05) is 61.2 Å². The van der Waals surface area contributed by atoms with E-state index in [2.05, 4.69) is 263 Å². The van der Waals surface area contributed by atoms with E-state index in [1.54, 1.807) is 18.2 Å². The van der Waals surface area contributed by atoms with Crippen LogP contribution in [0.2, 0.25) is 0 Å². The van der Waals surface area contributed by atoms with Crippen LogP contribution in [0.25, 0.3) is 0 Å². The van der Waals surface area contributed by atoms with Crippen molar-refractivity contribution < 1.29 is 49.8 Å². The number of carbonyl (C=O) groups is 2. The average Bonchev–Trinajstić information content (AvgIpc) is 0.934. The first-order chi connectivity index (χ1) is 54.4. The summed E-state index contributed by atoms with van der Waals surface area (Å²) >= 11 is 19.9. The predicted octanol–water partition coefficient (Wildman–Crippen LogP) is 23.5. The fourth-order valence-electron chi connectivity index (χ4n) is 10.8. The Bertz CT molecular complexity index is 4550. The number of guanidine groups is 2. The Morgan fingerprint density at radius 1 is 0.570 bits per heavy atom. The molecule has 114 heavy (non-hydrogen) atoms. The van der Waals surface area contributed by atoms with E-state index >= 15 is 0 Å². The van der Waals surface area contributed by atoms with Crippen LogP contribution < -0.4 is 42.6 Å². The molecule has 1 aliphatic heterocycles. The SMILES string of the molecule is C#Cc1ccc(OC(F)F)cc1.C=C(F)CCc1cccc(Br)c1.C=C(F)CCc1cccc(C2(c3ccc(OC(F)F)cc3)N=C(N)N(C)C2=O)c1.C=CCCc1cccc(Br)c1.CN=C(N)N.CP(Br)(c1ccccc1)(c1ccccc1)c1ccccc1.FC(CI)CCc1cccc(Br)c1.O=CCCc1cccc(Br)c1. The molecule has 1 heterocycles. The first-order valence-corrected chi connectivity index (χ1v) is 44.9. The van der Waals surface area contributed by atoms with Crippen molar-refractivity contribution in [2.24, 2.45) is 27.2 Å². The molecule has 602 valence electrons. The number of likely N-dealkylation sites (N-methyl/N-ethyl adjacent to an activating group) is 1. The molecular formula is C90H92Br5F7IN6O4P. The van der Waals surface area contributed by atoms with Gasteiger partial charge in [-0.1, -0.05) is 196 Å². The molecule has 10 nitrogen and oxygen atoms in total. The van der Waals surface area contributed by atoms with E-state index in [4.69, 9.17) is 23.6 Å². The Kier molecular flexibility index (Phi) is 44.8. The number of allylic oxidation sites excluding steroid dienone is 3. The molecule has 0 fully saturated rings. The molecule has 2 atom stereocenters. The zero-order valence-electron chi connectivity index (χ0n) is 63.3. The van der Waals surface area contributed by atoms with Gasteiger partial charge in [0.25, 0.3) is 5.91 Å². The van der Waals surface area contributed by atoms with Gasteiger partial charge in [-0.15, -0.1) is 13.0 Å². The van der Waals surface area contributed by atoms with E-state index in [0.717, 1.165) is 67.4 Å². The van der Waals surface area contributed by atoms with E-state index in [1.165, 1.54) is 100 Å². The monoisotopic (exact) mass is 2010 g/mol. The normalized spacial score (nSPS) is 12.9. The maximum Gasteiger partial charge on any atom is 0.120 e. The Labute approximate surface area is 721 Å². The topological polar surface area (TPSA) is 159 Å². The summed E-state index contributed by atoms with van der Waals surface area (Å²) in [6, 6.07) is 83.2. The van der Waals surface area contributed by atoms with Gasteiger partial charge in [-0.2, -0.15) is 17.6 Å². The summed E-state index contributed by atoms with van der Waals surface area (Å²) in [4.78, 5) is 32.3. The Morgan fingerprint density at radius 3 is 1.25 bits per heavy atom. The van der Waals surface area contributed by atoms with Crippen molar-refractivity contribution in [3.05, 3.63) is 361 Å². The fourth-order valence-corrected chi connectivity index (χ4v) is 18.7. The third kappa shape index (κ3) is 34.5. The molecule has 0 bridgehead atoms. The largest absolute Gasteiger partial charge is 0.303 e. The molecule has 10 aromatic rings. The molecule has 0 saturated heterocycles. The number of carbonyl (C=O) groups excluding carboxylic acids is 2. The van der Waals surface area contributed by atoms with E-state index < -0.39 is 36.1 Å². The zero-order valence-corrected chi connectivity index (χ0v) is 74.2. The molecule has 10 aromatic carbocycles. The quantitative estimate of drug-likeness (QED) is 0.00591. The standard InChI is InChI=1S/C21H20F3N3O2.C19H18BrP.C10H11BrFI.C10H10BrF.C10H11Br.C9H9BrO.C9H6F2O.C2H7N3/c1-13(22)6-7-14-4-3-5-16(12-14)21(18(28)27(2)20(25)26-21)15-8-10-17(11-9-15)29-19(23)24;1-21(20,17-11-5-2-6-12-17,18-13-7-3-8-14-18)19-15-9-4-10-16-19;11-9-3-1-2-8(6-9)4-5-10(12)7-13;1-8(12)5-6-9-3-2-4-10(11)7-9;1-2-3-5-9-6-4-7-10(11)8-9;10-9-5-1-3-8(7-9)4-2-6-11;1-2-7-3-5-8(6-4-7)12-9(10)11;1-5-2(3)4/h3-5,8-12,19H,1,6-7H2,2H3,(H2,25,26);2-16H,1H3;1-3,6,10H,4-5,7H2;2-4,7H,1,5-6H2;2,4,6-8H,1,3,5H2;1,3,5-7H,2,4H2;1,3-6,9H;1H3,(H4,3,4,5). The molecule has 24 heteroatoms. The van der Waals surface area contributed by atoms with E-state index in [1.807, 2.05) is 91.0 Å². The van der Waals surface area contributed by atoms with Crippen LogP contribution in [0.1, 0.15) is 76.6 Å². The molecule has 0 aromatic heterocycles. The first-order valence-electron chi connectivity index (χ1n) is 35.5. The van der Waals surface area contributed by atoms with Crippen LogP contribution in [-0.4, -0.2) is 73.6 Å². The van der Waals surface area contributed by atoms with Gasteiger partial charge in [-0.3, -0.25) is 14.7 Å². The molecule has 1 amide bonds. The van der Waals surface area contributed by atoms with Gasteiger partial charge in [0.15, 0.2) is 17.5 Å². The molecule has 0 spiro atoms. The number of amides is 1. The molecule has 0 aliphatic carbocycles. The second kappa shape index (κ2) is 52.2. The number of nitrogens with two attached hydrogens (primary N) is 3. The minimum absolute atomic E-state index is 0.0328. The van der Waals surface area contributed by atoms with Gasteiger partial charge in [0.05, 0.1) is 11.7 Å². The zero-order chi connectivity index (χ0) is 84.1. The van der Waals surface area contributed by atoms with E-state index in [9.17, 15) is 40.3 Å². The summed E-state index contributed by atoms with van der Waals surface area (Å²) in [6.45, 7) is 6.78. The summed E-state index contributed by atoms with van der Waals surface area (Å²) in [6.07, 6.45) is 14.0. The van der Waals surface area contributed by atoms with Crippen molar-refractivity contribution in [2.45, 2.75) is 89.1 Å². The third-order valence-electron chi connectivity index (χ3n) is 16.7. The van der Waals surface area contributed by atoms with Gasteiger partial charge in [0.2, 0.25) is 0 Å². The second-order valence-electron chi connectivity index (χ2n) is 25.2. The van der Waals surface area contributed by atoms with Crippen LogP contribution in [0.5, 0.6) is 11.5 Å². The molecule has 2 unspecified atom stereocenters. The number of benzene rings is 10. The second-order valence-corrected chi connectivity index (χ2v) is 39.4. The molecule has 1 aliphatic rings. The van der Waals surface area contributed by atoms with Gasteiger partial charge in [-0.05, 0) is 169 Å². The maximum atomic E-state index is 13.2. The van der Waals surface area contributed by atoms with Gasteiger partial charge >= 0.3 is 148 Å². The van der Waals surface area contributed by atoms with Gasteiger partial charge in [-0.25, -0.2) is 18.2 Å². The summed E-state index contributed by atoms with van der Waals surface area (Å²) in [7, 11) is 3.05. The van der Waals surface area contributed by atoms with Gasteiger partial charge < -0.3 is 31.5 Å². The molecule has 0 saturated carbocycles. The summed E-state index contributed by atoms with van der Waals surface area (Å²) in [5.74, 6) is 1.53. The number of halogens is 13. The Morgan fingerprint density at radius 2 is 0.930 bits per heavy atom. The number of ether oxygens (including phenoxy) is 2. The number of aliphatic imine (C=N–C) groups is 2. The van der Waals surface area contributed by atoms with Crippen molar-refractivity contribution in [1.29, 1.82) is 0 Å². The minimum atomic E-state index is -2.95. The van der Waals surface area contributed by atoms with Crippen molar-refractivity contribution in [3.8, 4) is 23.8 Å². The summed E-state index contributed by atoms with van der Waals surface area (Å²) < 4.78 is 99.8. The molecular weight excluding hydrogens is 1920 g/mol. The summed E-state index contributed by atoms with van der Waals surface area (Å²) in [5.41, 5.74) is 21.4. The first kappa shape index (κ1) is 97.9.